The van der Waals surface area contributed by atoms with Gasteiger partial charge in [-0.15, -0.1) is 0 Å². The highest BCUT2D eigenvalue weighted by Gasteiger charge is 2.45. The summed E-state index contributed by atoms with van der Waals surface area (Å²) in [6, 6.07) is 8.17. The maximum absolute atomic E-state index is 12.9. The molecule has 0 aromatic heterocycles. The lowest BCUT2D eigenvalue weighted by Gasteiger charge is -2.38. The van der Waals surface area contributed by atoms with E-state index in [4.69, 9.17) is 0 Å². The van der Waals surface area contributed by atoms with Gasteiger partial charge < -0.3 is 15.7 Å². The highest BCUT2D eigenvalue weighted by Crippen LogP contribution is 2.47. The number of nitrogens with one attached hydrogen (secondary N) is 2. The molecule has 1 amide bonds. The largest absolute Gasteiger partial charge is 0.481 e. The van der Waals surface area contributed by atoms with Crippen LogP contribution >= 0.6 is 0 Å². The summed E-state index contributed by atoms with van der Waals surface area (Å²) in [7, 11) is 0. The number of amides is 1. The topological polar surface area (TPSA) is 78.4 Å². The molecule has 0 radical (unpaired) electrons. The first-order valence-electron chi connectivity index (χ1n) is 9.87. The van der Waals surface area contributed by atoms with Gasteiger partial charge in [-0.1, -0.05) is 42.7 Å². The molecule has 5 heteroatoms. The maximum atomic E-state index is 12.9. The van der Waals surface area contributed by atoms with Gasteiger partial charge in [0.25, 0.3) is 0 Å². The first-order chi connectivity index (χ1) is 13.3. The molecular weight excluding hydrogens is 352 g/mol. The monoisotopic (exact) mass is 378 g/mol. The molecule has 4 rings (SSSR count). The Balaban J connectivity index is 1.95. The van der Waals surface area contributed by atoms with Crippen LogP contribution in [-0.2, 0) is 16.0 Å². The number of carboxylic acids is 1. The Morgan fingerprint density at radius 2 is 1.68 bits per heavy atom. The zero-order valence-electron chi connectivity index (χ0n) is 16.6. The highest BCUT2D eigenvalue weighted by atomic mass is 16.4. The molecule has 0 saturated heterocycles. The number of fused-ring (bicyclic) bond motifs is 1. The van der Waals surface area contributed by atoms with Gasteiger partial charge in [0, 0.05) is 0 Å². The number of rotatable bonds is 3. The van der Waals surface area contributed by atoms with E-state index < -0.39 is 11.5 Å². The number of hydrogen-bond acceptors (Lipinski definition) is 3. The Morgan fingerprint density at radius 3 is 2.29 bits per heavy atom. The van der Waals surface area contributed by atoms with E-state index in [2.05, 4.69) is 10.6 Å². The third-order valence-corrected chi connectivity index (χ3v) is 6.29. The van der Waals surface area contributed by atoms with Crippen LogP contribution in [0.1, 0.15) is 47.9 Å². The predicted octanol–water partition coefficient (Wildman–Crippen LogP) is 4.58. The van der Waals surface area contributed by atoms with E-state index in [-0.39, 0.29) is 12.3 Å². The summed E-state index contributed by atoms with van der Waals surface area (Å²) in [5.74, 6) is -0.873. The average molecular weight is 378 g/mol. The highest BCUT2D eigenvalue weighted by molar-refractivity contribution is 6.09. The number of benzene rings is 2. The smallest absolute Gasteiger partial charge is 0.307 e. The average Bonchev–Trinajstić information content (AvgIpc) is 3.12. The normalized spacial score (nSPS) is 17.2. The van der Waals surface area contributed by atoms with E-state index in [0.29, 0.717) is 0 Å². The number of carbonyl (C=O) groups is 2. The molecule has 1 aliphatic heterocycles. The number of aliphatic carboxylic acids is 1. The van der Waals surface area contributed by atoms with Gasteiger partial charge in [-0.3, -0.25) is 9.59 Å². The minimum Gasteiger partial charge on any atom is -0.481 e. The van der Waals surface area contributed by atoms with Crippen molar-refractivity contribution in [1.82, 2.24) is 0 Å². The van der Waals surface area contributed by atoms with Crippen molar-refractivity contribution in [2.75, 3.05) is 10.6 Å². The van der Waals surface area contributed by atoms with E-state index in [1.54, 1.807) is 0 Å². The van der Waals surface area contributed by atoms with Crippen molar-refractivity contribution in [3.63, 3.8) is 0 Å². The number of anilines is 2. The fourth-order valence-corrected chi connectivity index (χ4v) is 4.72. The quantitative estimate of drug-likeness (QED) is 0.730. The molecule has 2 aromatic carbocycles. The van der Waals surface area contributed by atoms with Gasteiger partial charge in [-0.25, -0.2) is 0 Å². The third kappa shape index (κ3) is 2.86. The number of carboxylic acid groups (broad SMARTS) is 1. The van der Waals surface area contributed by atoms with Crippen LogP contribution < -0.4 is 10.6 Å². The van der Waals surface area contributed by atoms with Crippen LogP contribution in [0.4, 0.5) is 11.4 Å². The van der Waals surface area contributed by atoms with Crippen LogP contribution in [0.15, 0.2) is 24.3 Å². The molecule has 0 unspecified atom stereocenters. The molecule has 2 aliphatic rings. The Morgan fingerprint density at radius 1 is 1.04 bits per heavy atom. The molecule has 1 heterocycles. The van der Waals surface area contributed by atoms with E-state index in [1.807, 2.05) is 45.0 Å². The van der Waals surface area contributed by atoms with Crippen molar-refractivity contribution in [2.24, 2.45) is 0 Å². The van der Waals surface area contributed by atoms with Crippen molar-refractivity contribution in [2.45, 2.75) is 58.4 Å². The molecule has 28 heavy (non-hydrogen) atoms. The van der Waals surface area contributed by atoms with Crippen molar-refractivity contribution >= 4 is 23.3 Å². The van der Waals surface area contributed by atoms with Crippen molar-refractivity contribution in [3.05, 3.63) is 46.5 Å². The lowest BCUT2D eigenvalue weighted by atomic mass is 9.84. The molecule has 0 bridgehead atoms. The summed E-state index contributed by atoms with van der Waals surface area (Å²) >= 11 is 0. The Labute approximate surface area is 165 Å². The van der Waals surface area contributed by atoms with Crippen LogP contribution in [0.2, 0.25) is 0 Å². The first-order valence-corrected chi connectivity index (χ1v) is 9.87. The Kier molecular flexibility index (Phi) is 4.41. The predicted molar refractivity (Wildman–Crippen MR) is 111 cm³/mol. The molecule has 0 atom stereocenters. The third-order valence-electron chi connectivity index (χ3n) is 6.29. The van der Waals surface area contributed by atoms with Gasteiger partial charge in [0.2, 0.25) is 5.91 Å². The number of hydrogen-bond donors (Lipinski definition) is 3. The van der Waals surface area contributed by atoms with Gasteiger partial charge in [-0.2, -0.15) is 0 Å². The van der Waals surface area contributed by atoms with Crippen LogP contribution in [0.5, 0.6) is 0 Å². The maximum Gasteiger partial charge on any atom is 0.307 e. The molecule has 1 fully saturated rings. The van der Waals surface area contributed by atoms with Crippen molar-refractivity contribution in [1.29, 1.82) is 0 Å². The van der Waals surface area contributed by atoms with Crippen LogP contribution in [0, 0.1) is 20.8 Å². The molecule has 1 saturated carbocycles. The fraction of sp³-hybridized carbons (Fsp3) is 0.391. The summed E-state index contributed by atoms with van der Waals surface area (Å²) in [4.78, 5) is 24.5. The minimum atomic E-state index is -0.877. The molecule has 146 valence electrons. The standard InChI is InChI=1S/C23H26N2O3/c1-13-6-8-16(9-7-13)19-15(3)21-20(14(2)17(19)12-18(26)27)24-22(28)23(25-21)10-4-5-11-23/h6-9,25H,4-5,10-12H2,1-3H3,(H,24,28)(H,26,27). The second kappa shape index (κ2) is 6.66. The molecule has 3 N–H and O–H groups in total. The van der Waals surface area contributed by atoms with Crippen LogP contribution in [0.3, 0.4) is 0 Å². The van der Waals surface area contributed by atoms with E-state index in [9.17, 15) is 14.7 Å². The summed E-state index contributed by atoms with van der Waals surface area (Å²) in [5.41, 5.74) is 6.82. The second-order valence-electron chi connectivity index (χ2n) is 8.16. The number of aryl methyl sites for hydroxylation is 1. The summed E-state index contributed by atoms with van der Waals surface area (Å²) < 4.78 is 0. The molecule has 2 aromatic rings. The van der Waals surface area contributed by atoms with Gasteiger partial charge >= 0.3 is 5.97 Å². The summed E-state index contributed by atoms with van der Waals surface area (Å²) in [5, 5.41) is 16.2. The molecular formula is C23H26N2O3. The number of carbonyl (C=O) groups excluding carboxylic acids is 1. The van der Waals surface area contributed by atoms with Gasteiger partial charge in [-0.05, 0) is 61.4 Å². The van der Waals surface area contributed by atoms with E-state index in [1.165, 1.54) is 0 Å². The fourth-order valence-electron chi connectivity index (χ4n) is 4.72. The molecule has 1 spiro atoms. The Hall–Kier alpha value is -2.82. The summed E-state index contributed by atoms with van der Waals surface area (Å²) in [6.45, 7) is 5.96. The van der Waals surface area contributed by atoms with Crippen LogP contribution in [0.25, 0.3) is 11.1 Å². The Bertz CT molecular complexity index is 971. The zero-order chi connectivity index (χ0) is 20.1. The summed E-state index contributed by atoms with van der Waals surface area (Å²) in [6.07, 6.45) is 3.65. The van der Waals surface area contributed by atoms with Crippen LogP contribution in [-0.4, -0.2) is 22.5 Å². The van der Waals surface area contributed by atoms with Gasteiger partial charge in [0.05, 0.1) is 17.8 Å². The minimum absolute atomic E-state index is 0.00404. The molecule has 1 aliphatic carbocycles. The van der Waals surface area contributed by atoms with E-state index >= 15 is 0 Å². The van der Waals surface area contributed by atoms with Crippen molar-refractivity contribution < 1.29 is 14.7 Å². The molecule has 5 nitrogen and oxygen atoms in total. The van der Waals surface area contributed by atoms with Gasteiger partial charge in [0.1, 0.15) is 5.54 Å². The van der Waals surface area contributed by atoms with E-state index in [0.717, 1.165) is 70.4 Å². The zero-order valence-corrected chi connectivity index (χ0v) is 16.6. The lowest BCUT2D eigenvalue weighted by molar-refractivity contribution is -0.136. The SMILES string of the molecule is Cc1ccc(-c2c(C)c3c(c(C)c2CC(=O)O)NC(=O)C2(CCCC2)N3)cc1. The van der Waals surface area contributed by atoms with Gasteiger partial charge in [0.15, 0.2) is 0 Å². The van der Waals surface area contributed by atoms with Crippen molar-refractivity contribution in [3.8, 4) is 11.1 Å². The second-order valence-corrected chi connectivity index (χ2v) is 8.16. The first kappa shape index (κ1) is 18.5. The lowest BCUT2D eigenvalue weighted by Crippen LogP contribution is -2.51.